The molecule has 22 nitrogen and oxygen atoms in total. The first-order valence-corrected chi connectivity index (χ1v) is 24.1. The van der Waals surface area contributed by atoms with Gasteiger partial charge in [0.15, 0.2) is 0 Å². The number of fused-ring (bicyclic) bond motifs is 2. The van der Waals surface area contributed by atoms with Crippen LogP contribution in [0.2, 0.25) is 0 Å². The summed E-state index contributed by atoms with van der Waals surface area (Å²) in [6.45, 7) is 0.295. The number of benzene rings is 6. The van der Waals surface area contributed by atoms with Gasteiger partial charge in [-0.3, -0.25) is 28.8 Å². The maximum Gasteiger partial charge on any atom is 0.340 e. The van der Waals surface area contributed by atoms with Gasteiger partial charge in [0.1, 0.15) is 43.3 Å². The van der Waals surface area contributed by atoms with Crippen molar-refractivity contribution < 1.29 is 57.7 Å². The molecule has 390 valence electrons. The highest BCUT2D eigenvalue weighted by molar-refractivity contribution is 6.36. The second-order valence-corrected chi connectivity index (χ2v) is 18.2. The van der Waals surface area contributed by atoms with E-state index >= 15 is 0 Å². The molecule has 7 N–H and O–H groups in total. The van der Waals surface area contributed by atoms with Gasteiger partial charge in [0.2, 0.25) is 0 Å². The highest BCUT2D eigenvalue weighted by atomic mass is 16.6. The van der Waals surface area contributed by atoms with E-state index in [9.17, 15) is 43.5 Å². The van der Waals surface area contributed by atoms with E-state index in [0.717, 1.165) is 20.9 Å². The molecule has 3 atom stereocenters. The van der Waals surface area contributed by atoms with E-state index in [0.29, 0.717) is 39.2 Å². The van der Waals surface area contributed by atoms with Crippen molar-refractivity contribution >= 4 is 58.9 Å². The number of carboxylic acid groups (broad SMARTS) is 1. The van der Waals surface area contributed by atoms with Crippen LogP contribution in [0.15, 0.2) is 140 Å². The van der Waals surface area contributed by atoms with Crippen molar-refractivity contribution in [2.45, 2.75) is 25.4 Å². The van der Waals surface area contributed by atoms with Gasteiger partial charge in [0.05, 0.1) is 57.1 Å². The Labute approximate surface area is 441 Å². The summed E-state index contributed by atoms with van der Waals surface area (Å²) in [7, 11) is 0. The highest BCUT2D eigenvalue weighted by Crippen LogP contribution is 2.38. The van der Waals surface area contributed by atoms with E-state index in [4.69, 9.17) is 25.7 Å². The molecular weight excluding hydrogens is 1000 g/mol. The minimum atomic E-state index is -1.53. The summed E-state index contributed by atoms with van der Waals surface area (Å²) < 4.78 is 16.2. The molecule has 2 aliphatic rings. The largest absolute Gasteiger partial charge is 0.480 e. The van der Waals surface area contributed by atoms with Gasteiger partial charge in [-0.25, -0.2) is 19.4 Å². The lowest BCUT2D eigenvalue weighted by Crippen LogP contribution is -2.39. The molecule has 8 aromatic rings. The minimum absolute atomic E-state index is 0.00757. The Morgan fingerprint density at radius 3 is 1.58 bits per heavy atom. The van der Waals surface area contributed by atoms with E-state index in [1.54, 1.807) is 49.4 Å². The molecule has 0 bridgehead atoms. The number of carboxylic acids is 1. The molecule has 0 radical (unpaired) electrons. The molecule has 0 spiro atoms. The number of H-pyrrole nitrogens is 2. The van der Waals surface area contributed by atoms with Gasteiger partial charge >= 0.3 is 23.9 Å². The van der Waals surface area contributed by atoms with Crippen molar-refractivity contribution in [1.29, 1.82) is 0 Å². The number of nitrogens with one attached hydrogen (secondary N) is 2. The lowest BCUT2D eigenvalue weighted by Gasteiger charge is -2.20. The van der Waals surface area contributed by atoms with Gasteiger partial charge in [0, 0.05) is 11.1 Å². The van der Waals surface area contributed by atoms with Crippen LogP contribution in [-0.4, -0.2) is 115 Å². The van der Waals surface area contributed by atoms with Crippen LogP contribution in [-0.2, 0) is 30.2 Å². The standard InChI is InChI=1S/C56H44N10O12/c1-29(20-30-6-5-9-32(21-30)34-11-17-40(55(74)78-28-43(57)53(71)72)47(25-34)66-50(68)38-15-13-36(23-42(38)52(66)70)45-27-60-64-62-45)48(58)56(75)77-19-18-76-54(73)39-16-10-33(31-7-3-2-4-8-31)24-46(39)65-49(67)37-14-12-35(22-41(37)51(65)69)44-26-59-63-61-44/h2-17,21-27,29,43,48H,18-20,28,57-58H2,1H3,(H,71,72)(H,59,61,63)(H,60,62,64)/t29?,43-,48-/m1/s1. The van der Waals surface area contributed by atoms with Crippen LogP contribution in [0.1, 0.15) is 74.6 Å². The lowest BCUT2D eigenvalue weighted by molar-refractivity contribution is -0.147. The Hall–Kier alpha value is -10.3. The molecule has 78 heavy (non-hydrogen) atoms. The van der Waals surface area contributed by atoms with Gasteiger partial charge in [0.25, 0.3) is 23.6 Å². The molecule has 22 heteroatoms. The number of amides is 4. The second kappa shape index (κ2) is 21.5. The summed E-state index contributed by atoms with van der Waals surface area (Å²) in [5, 5.41) is 30.0. The van der Waals surface area contributed by atoms with Crippen molar-refractivity contribution in [3.05, 3.63) is 179 Å². The van der Waals surface area contributed by atoms with Crippen LogP contribution in [0.3, 0.4) is 0 Å². The van der Waals surface area contributed by atoms with E-state index in [1.165, 1.54) is 54.9 Å². The van der Waals surface area contributed by atoms with Crippen molar-refractivity contribution in [3.8, 4) is 44.8 Å². The van der Waals surface area contributed by atoms with Crippen molar-refractivity contribution in [2.24, 2.45) is 17.4 Å². The predicted molar refractivity (Wildman–Crippen MR) is 278 cm³/mol. The Kier molecular flexibility index (Phi) is 14.1. The van der Waals surface area contributed by atoms with Crippen LogP contribution in [0.5, 0.6) is 0 Å². The number of esters is 3. The number of ether oxygens (including phenoxy) is 3. The van der Waals surface area contributed by atoms with E-state index in [-0.39, 0.29) is 57.8 Å². The third-order valence-corrected chi connectivity index (χ3v) is 13.2. The molecule has 4 heterocycles. The predicted octanol–water partition coefficient (Wildman–Crippen LogP) is 5.67. The average molecular weight is 1050 g/mol. The van der Waals surface area contributed by atoms with Gasteiger partial charge < -0.3 is 30.8 Å². The SMILES string of the molecule is CC(Cc1cccc(-c2ccc(C(=O)OC[C@@H](N)C(=O)O)c(N3C(=O)c4ccc(-c5cn[nH]n5)cc4C3=O)c2)c1)[C@@H](N)C(=O)OCCOC(=O)c1ccc(-c2ccccc2)cc1N1C(=O)c2ccc(-c3cn[nH]n3)cc2C1=O. The monoisotopic (exact) mass is 1050 g/mol. The van der Waals surface area contributed by atoms with Gasteiger partial charge in [-0.1, -0.05) is 85.8 Å². The molecule has 0 fully saturated rings. The second-order valence-electron chi connectivity index (χ2n) is 18.2. The molecule has 4 amide bonds. The molecule has 2 aliphatic heterocycles. The first kappa shape index (κ1) is 51.2. The van der Waals surface area contributed by atoms with Crippen LogP contribution in [0.4, 0.5) is 11.4 Å². The van der Waals surface area contributed by atoms with Crippen LogP contribution >= 0.6 is 0 Å². The van der Waals surface area contributed by atoms with E-state index in [1.807, 2.05) is 42.5 Å². The number of carbonyl (C=O) groups excluding carboxylic acids is 7. The molecule has 2 aromatic heterocycles. The fourth-order valence-electron chi connectivity index (χ4n) is 9.06. The molecule has 0 saturated carbocycles. The Morgan fingerprint density at radius 1 is 0.551 bits per heavy atom. The number of rotatable bonds is 18. The van der Waals surface area contributed by atoms with Crippen molar-refractivity contribution in [1.82, 2.24) is 30.8 Å². The Balaban J connectivity index is 0.810. The number of anilines is 2. The summed E-state index contributed by atoms with van der Waals surface area (Å²) in [6.07, 6.45) is 3.20. The number of hydrogen-bond donors (Lipinski definition) is 5. The zero-order chi connectivity index (χ0) is 54.8. The van der Waals surface area contributed by atoms with Gasteiger partial charge in [-0.2, -0.15) is 30.8 Å². The number of aliphatic carboxylic acids is 1. The topological polar surface area (TPSA) is 326 Å². The number of imide groups is 2. The smallest absolute Gasteiger partial charge is 0.340 e. The quantitative estimate of drug-likeness (QED) is 0.0299. The summed E-state index contributed by atoms with van der Waals surface area (Å²) in [5.74, 6) is -7.36. The molecule has 0 aliphatic carbocycles. The number of hydrogen-bond acceptors (Lipinski definition) is 17. The molecule has 10 rings (SSSR count). The number of aromatic nitrogens is 6. The Morgan fingerprint density at radius 2 is 1.04 bits per heavy atom. The van der Waals surface area contributed by atoms with E-state index in [2.05, 4.69) is 30.8 Å². The normalized spacial score (nSPS) is 13.9. The number of nitrogens with two attached hydrogens (primary N) is 2. The highest BCUT2D eigenvalue weighted by Gasteiger charge is 2.41. The number of aromatic amines is 2. The fourth-order valence-corrected chi connectivity index (χ4v) is 9.06. The first-order chi connectivity index (χ1) is 37.7. The number of nitrogens with zero attached hydrogens (tertiary/aromatic N) is 6. The first-order valence-electron chi connectivity index (χ1n) is 24.1. The molecular formula is C56H44N10O12. The third-order valence-electron chi connectivity index (χ3n) is 13.2. The van der Waals surface area contributed by atoms with Crippen LogP contribution < -0.4 is 21.3 Å². The molecule has 0 saturated heterocycles. The molecule has 6 aromatic carbocycles. The Bertz CT molecular complexity index is 3720. The maximum absolute atomic E-state index is 14.1. The zero-order valence-electron chi connectivity index (χ0n) is 41.1. The van der Waals surface area contributed by atoms with Gasteiger partial charge in [-0.15, -0.1) is 0 Å². The number of carbonyl (C=O) groups is 8. The van der Waals surface area contributed by atoms with Gasteiger partial charge in [-0.05, 0) is 88.7 Å². The summed E-state index contributed by atoms with van der Waals surface area (Å²) >= 11 is 0. The molecule has 1 unspecified atom stereocenters. The summed E-state index contributed by atoms with van der Waals surface area (Å²) in [5.41, 5.74) is 17.0. The lowest BCUT2D eigenvalue weighted by atomic mass is 9.92. The third kappa shape index (κ3) is 10.0. The maximum atomic E-state index is 14.1. The van der Waals surface area contributed by atoms with E-state index < -0.39 is 78.7 Å². The van der Waals surface area contributed by atoms with Crippen LogP contribution in [0, 0.1) is 5.92 Å². The zero-order valence-corrected chi connectivity index (χ0v) is 41.1. The summed E-state index contributed by atoms with van der Waals surface area (Å²) in [6, 6.07) is 32.0. The average Bonchev–Trinajstić information content (AvgIpc) is 4.41. The van der Waals surface area contributed by atoms with Crippen molar-refractivity contribution in [3.63, 3.8) is 0 Å². The fraction of sp³-hybridized carbons (Fsp3) is 0.143. The minimum Gasteiger partial charge on any atom is -0.480 e. The summed E-state index contributed by atoms with van der Waals surface area (Å²) in [4.78, 5) is 110. The van der Waals surface area contributed by atoms with Crippen LogP contribution in [0.25, 0.3) is 44.8 Å². The van der Waals surface area contributed by atoms with Crippen molar-refractivity contribution in [2.75, 3.05) is 29.6 Å².